The number of ketones is 1. The number of benzene rings is 2. The second-order valence-corrected chi connectivity index (χ2v) is 9.47. The number of halogens is 2. The molecule has 2 bridgehead atoms. The van der Waals surface area contributed by atoms with Crippen molar-refractivity contribution < 1.29 is 23.9 Å². The number of hydrogen-bond donors (Lipinski definition) is 0. The average Bonchev–Trinajstić information content (AvgIpc) is 3.51. The van der Waals surface area contributed by atoms with Crippen molar-refractivity contribution in [3.8, 4) is 5.75 Å². The van der Waals surface area contributed by atoms with Crippen molar-refractivity contribution in [1.82, 2.24) is 10.0 Å². The molecule has 2 aliphatic carbocycles. The van der Waals surface area contributed by atoms with Gasteiger partial charge in [-0.1, -0.05) is 47.5 Å². The number of carbonyl (C=O) groups is 4. The Morgan fingerprint density at radius 1 is 1.03 bits per heavy atom. The van der Waals surface area contributed by atoms with Gasteiger partial charge in [-0.3, -0.25) is 19.2 Å². The van der Waals surface area contributed by atoms with Crippen LogP contribution in [0.15, 0.2) is 54.6 Å². The molecular weight excluding hydrogens is 479 g/mol. The Balaban J connectivity index is 1.52. The van der Waals surface area contributed by atoms with Crippen LogP contribution in [-0.2, 0) is 9.59 Å². The first kappa shape index (κ1) is 22.6. The fraction of sp³-hybridized carbons (Fsp3) is 0.280. The van der Waals surface area contributed by atoms with E-state index in [9.17, 15) is 19.2 Å². The van der Waals surface area contributed by atoms with Gasteiger partial charge in [0.05, 0.1) is 29.5 Å². The molecule has 3 amide bonds. The van der Waals surface area contributed by atoms with Gasteiger partial charge in [-0.25, -0.2) is 5.01 Å². The number of nitrogens with zero attached hydrogens (tertiary/aromatic N) is 2. The first-order valence-corrected chi connectivity index (χ1v) is 11.6. The molecule has 34 heavy (non-hydrogen) atoms. The number of rotatable bonds is 6. The summed E-state index contributed by atoms with van der Waals surface area (Å²) >= 11 is 12.2. The predicted molar refractivity (Wildman–Crippen MR) is 124 cm³/mol. The van der Waals surface area contributed by atoms with E-state index in [0.717, 1.165) is 16.4 Å². The highest BCUT2D eigenvalue weighted by molar-refractivity contribution is 6.36. The number of methoxy groups -OCH3 is 1. The third-order valence-electron chi connectivity index (χ3n) is 6.77. The molecule has 1 aliphatic heterocycles. The van der Waals surface area contributed by atoms with Crippen LogP contribution in [-0.4, -0.2) is 47.2 Å². The summed E-state index contributed by atoms with van der Waals surface area (Å²) in [7, 11) is 1.48. The van der Waals surface area contributed by atoms with Crippen LogP contribution in [0.2, 0.25) is 10.0 Å². The lowest BCUT2D eigenvalue weighted by Gasteiger charge is -2.31. The normalized spacial score (nSPS) is 24.5. The van der Waals surface area contributed by atoms with Gasteiger partial charge in [0.2, 0.25) is 0 Å². The number of amides is 3. The van der Waals surface area contributed by atoms with Gasteiger partial charge in [0.25, 0.3) is 17.7 Å². The van der Waals surface area contributed by atoms with E-state index in [-0.39, 0.29) is 28.0 Å². The van der Waals surface area contributed by atoms with E-state index in [1.165, 1.54) is 31.4 Å². The zero-order valence-corrected chi connectivity index (χ0v) is 19.6. The number of imide groups is 1. The van der Waals surface area contributed by atoms with Gasteiger partial charge in [-0.15, -0.1) is 0 Å². The second kappa shape index (κ2) is 8.56. The maximum atomic E-state index is 13.6. The molecule has 9 heteroatoms. The highest BCUT2D eigenvalue weighted by Crippen LogP contribution is 2.52. The van der Waals surface area contributed by atoms with Crippen molar-refractivity contribution in [2.75, 3.05) is 13.7 Å². The highest BCUT2D eigenvalue weighted by atomic mass is 35.5. The summed E-state index contributed by atoms with van der Waals surface area (Å²) in [6, 6.07) is 10.7. The Labute approximate surface area is 205 Å². The van der Waals surface area contributed by atoms with E-state index in [2.05, 4.69) is 0 Å². The number of ether oxygens (including phenoxy) is 1. The van der Waals surface area contributed by atoms with Gasteiger partial charge in [-0.2, -0.15) is 5.01 Å². The van der Waals surface area contributed by atoms with Crippen LogP contribution in [0.4, 0.5) is 0 Å². The first-order valence-electron chi connectivity index (χ1n) is 10.8. The number of carbonyl (C=O) groups excluding carboxylic acids is 4. The maximum absolute atomic E-state index is 13.6. The molecule has 0 spiro atoms. The average molecular weight is 499 g/mol. The number of hydrogen-bond acceptors (Lipinski definition) is 5. The Morgan fingerprint density at radius 3 is 2.32 bits per heavy atom. The smallest absolute Gasteiger partial charge is 0.274 e. The molecule has 0 aromatic heterocycles. The van der Waals surface area contributed by atoms with Crippen LogP contribution in [0.5, 0.6) is 5.75 Å². The van der Waals surface area contributed by atoms with Crippen LogP contribution < -0.4 is 4.74 Å². The lowest BCUT2D eigenvalue weighted by Crippen LogP contribution is -2.52. The van der Waals surface area contributed by atoms with E-state index in [1.807, 2.05) is 12.2 Å². The summed E-state index contributed by atoms with van der Waals surface area (Å²) in [4.78, 5) is 53.6. The van der Waals surface area contributed by atoms with Crippen molar-refractivity contribution in [2.24, 2.45) is 23.7 Å². The first-order chi connectivity index (χ1) is 16.3. The fourth-order valence-electron chi connectivity index (χ4n) is 5.18. The largest absolute Gasteiger partial charge is 0.497 e. The summed E-state index contributed by atoms with van der Waals surface area (Å²) in [5.41, 5.74) is 0.309. The molecule has 174 valence electrons. The SMILES string of the molecule is COc1cccc(C(=O)CN(C(=O)c2ccc(Cl)cc2Cl)N2C(=O)[C@H]3[C@H](C2=O)[C@H]2C=C[C@H]3C2)c1. The van der Waals surface area contributed by atoms with Gasteiger partial charge in [0, 0.05) is 10.6 Å². The summed E-state index contributed by atoms with van der Waals surface area (Å²) in [5, 5.41) is 2.15. The molecule has 0 unspecified atom stereocenters. The van der Waals surface area contributed by atoms with Crippen LogP contribution >= 0.6 is 23.2 Å². The molecule has 2 aromatic carbocycles. The van der Waals surface area contributed by atoms with E-state index in [0.29, 0.717) is 10.8 Å². The molecular formula is C25H20Cl2N2O5. The second-order valence-electron chi connectivity index (χ2n) is 8.63. The van der Waals surface area contributed by atoms with E-state index in [4.69, 9.17) is 27.9 Å². The zero-order valence-electron chi connectivity index (χ0n) is 18.1. The van der Waals surface area contributed by atoms with Crippen LogP contribution in [0.3, 0.4) is 0 Å². The lowest BCUT2D eigenvalue weighted by atomic mass is 9.85. The quantitative estimate of drug-likeness (QED) is 0.340. The van der Waals surface area contributed by atoms with Gasteiger partial charge in [0.15, 0.2) is 5.78 Å². The number of allylic oxidation sites excluding steroid dienone is 2. The van der Waals surface area contributed by atoms with E-state index >= 15 is 0 Å². The van der Waals surface area contributed by atoms with Gasteiger partial charge >= 0.3 is 0 Å². The van der Waals surface area contributed by atoms with Crippen molar-refractivity contribution in [3.63, 3.8) is 0 Å². The molecule has 1 saturated carbocycles. The molecule has 7 nitrogen and oxygen atoms in total. The molecule has 2 aromatic rings. The molecule has 1 heterocycles. The Morgan fingerprint density at radius 2 is 1.71 bits per heavy atom. The van der Waals surface area contributed by atoms with Crippen LogP contribution in [0.25, 0.3) is 0 Å². The Hall–Kier alpha value is -3.16. The number of hydrazine groups is 1. The van der Waals surface area contributed by atoms with Crippen molar-refractivity contribution in [1.29, 1.82) is 0 Å². The molecule has 2 fully saturated rings. The van der Waals surface area contributed by atoms with Gasteiger partial charge in [-0.05, 0) is 48.6 Å². The van der Waals surface area contributed by atoms with Crippen molar-refractivity contribution >= 4 is 46.7 Å². The molecule has 3 aliphatic rings. The standard InChI is InChI=1S/C25H20Cl2N2O5/c1-34-17-4-2-3-13(10-17)20(30)12-28(23(31)18-8-7-16(26)11-19(18)27)29-24(32)21-14-5-6-15(9-14)22(21)25(29)33/h2-8,10-11,14-15,21-22H,9,12H2,1H3/t14-,15-,21+,22+/m0/s1. The summed E-state index contributed by atoms with van der Waals surface area (Å²) in [5.74, 6) is -2.79. The Kier molecular flexibility index (Phi) is 5.70. The predicted octanol–water partition coefficient (Wildman–Crippen LogP) is 4.05. The lowest BCUT2D eigenvalue weighted by molar-refractivity contribution is -0.154. The fourth-order valence-corrected chi connectivity index (χ4v) is 5.67. The number of fused-ring (bicyclic) bond motifs is 5. The van der Waals surface area contributed by atoms with E-state index in [1.54, 1.807) is 18.2 Å². The summed E-state index contributed by atoms with van der Waals surface area (Å²) in [6.45, 7) is -0.523. The highest BCUT2D eigenvalue weighted by Gasteiger charge is 2.61. The van der Waals surface area contributed by atoms with Gasteiger partial charge < -0.3 is 4.74 Å². The third kappa shape index (κ3) is 3.60. The minimum absolute atomic E-state index is 0.0308. The monoisotopic (exact) mass is 498 g/mol. The Bertz CT molecular complexity index is 1230. The van der Waals surface area contributed by atoms with Crippen molar-refractivity contribution in [3.05, 3.63) is 75.8 Å². The molecule has 1 saturated heterocycles. The minimum atomic E-state index is -0.736. The summed E-state index contributed by atoms with van der Waals surface area (Å²) < 4.78 is 5.18. The molecule has 0 radical (unpaired) electrons. The topological polar surface area (TPSA) is 84.0 Å². The van der Waals surface area contributed by atoms with E-state index < -0.39 is 41.9 Å². The third-order valence-corrected chi connectivity index (χ3v) is 7.32. The van der Waals surface area contributed by atoms with Gasteiger partial charge in [0.1, 0.15) is 12.3 Å². The maximum Gasteiger partial charge on any atom is 0.274 e. The van der Waals surface area contributed by atoms with Crippen LogP contribution in [0, 0.1) is 23.7 Å². The van der Waals surface area contributed by atoms with Crippen LogP contribution in [0.1, 0.15) is 27.1 Å². The summed E-state index contributed by atoms with van der Waals surface area (Å²) in [6.07, 6.45) is 4.68. The molecule has 4 atom stereocenters. The molecule has 0 N–H and O–H groups in total. The minimum Gasteiger partial charge on any atom is -0.497 e. The van der Waals surface area contributed by atoms with Crippen molar-refractivity contribution in [2.45, 2.75) is 6.42 Å². The molecule has 5 rings (SSSR count). The zero-order chi connectivity index (χ0) is 24.1. The number of Topliss-reactive ketones (excluding diaryl/α,β-unsaturated/α-hetero) is 1.